The highest BCUT2D eigenvalue weighted by Crippen LogP contribution is 2.32. The minimum atomic E-state index is -0.504. The monoisotopic (exact) mass is 285 g/mol. The number of benzene rings is 1. The van der Waals surface area contributed by atoms with Gasteiger partial charge in [0.25, 0.3) is 0 Å². The van der Waals surface area contributed by atoms with E-state index in [4.69, 9.17) is 4.74 Å². The van der Waals surface area contributed by atoms with Crippen molar-refractivity contribution in [3.8, 4) is 22.8 Å². The zero-order chi connectivity index (χ0) is 15.0. The first-order chi connectivity index (χ1) is 10.1. The summed E-state index contributed by atoms with van der Waals surface area (Å²) >= 11 is 0. The van der Waals surface area contributed by atoms with Gasteiger partial charge in [-0.3, -0.25) is 10.1 Å². The molecule has 7 heteroatoms. The summed E-state index contributed by atoms with van der Waals surface area (Å²) in [6, 6.07) is 7.83. The SMILES string of the molecule is COc1ccc(-c2cn3cccc(O)c3n2)cc1[N+](=O)[O-]. The van der Waals surface area contributed by atoms with Crippen LogP contribution in [0.2, 0.25) is 0 Å². The van der Waals surface area contributed by atoms with Crippen molar-refractivity contribution in [2.45, 2.75) is 0 Å². The summed E-state index contributed by atoms with van der Waals surface area (Å²) in [5.41, 5.74) is 1.37. The lowest BCUT2D eigenvalue weighted by molar-refractivity contribution is -0.385. The summed E-state index contributed by atoms with van der Waals surface area (Å²) in [6.45, 7) is 0. The number of aromatic hydroxyl groups is 1. The summed E-state index contributed by atoms with van der Waals surface area (Å²) in [5, 5.41) is 20.8. The third kappa shape index (κ3) is 2.14. The summed E-state index contributed by atoms with van der Waals surface area (Å²) in [6.07, 6.45) is 3.43. The van der Waals surface area contributed by atoms with Gasteiger partial charge in [0.2, 0.25) is 0 Å². The van der Waals surface area contributed by atoms with E-state index >= 15 is 0 Å². The molecule has 0 amide bonds. The lowest BCUT2D eigenvalue weighted by Crippen LogP contribution is -1.94. The maximum atomic E-state index is 11.1. The molecule has 1 N–H and O–H groups in total. The topological polar surface area (TPSA) is 89.9 Å². The van der Waals surface area contributed by atoms with Crippen molar-refractivity contribution in [3.05, 3.63) is 52.8 Å². The van der Waals surface area contributed by atoms with Gasteiger partial charge in [0.15, 0.2) is 17.1 Å². The first kappa shape index (κ1) is 12.9. The second kappa shape index (κ2) is 4.78. The van der Waals surface area contributed by atoms with Crippen LogP contribution in [0.5, 0.6) is 11.5 Å². The van der Waals surface area contributed by atoms with Gasteiger partial charge in [-0.25, -0.2) is 4.98 Å². The average Bonchev–Trinajstić information content (AvgIpc) is 2.92. The number of methoxy groups -OCH3 is 1. The van der Waals surface area contributed by atoms with E-state index in [1.54, 1.807) is 28.9 Å². The number of ether oxygens (including phenoxy) is 1. The molecule has 0 aliphatic carbocycles. The highest BCUT2D eigenvalue weighted by atomic mass is 16.6. The fourth-order valence-electron chi connectivity index (χ4n) is 2.13. The third-order valence-corrected chi connectivity index (χ3v) is 3.13. The Morgan fingerprint density at radius 1 is 1.38 bits per heavy atom. The maximum absolute atomic E-state index is 11.1. The lowest BCUT2D eigenvalue weighted by atomic mass is 10.1. The van der Waals surface area contributed by atoms with E-state index in [-0.39, 0.29) is 17.2 Å². The first-order valence-electron chi connectivity index (χ1n) is 6.09. The molecule has 0 unspecified atom stereocenters. The van der Waals surface area contributed by atoms with Gasteiger partial charge in [-0.2, -0.15) is 0 Å². The Bertz CT molecular complexity index is 841. The summed E-state index contributed by atoms with van der Waals surface area (Å²) in [5.74, 6) is 0.238. The highest BCUT2D eigenvalue weighted by molar-refractivity contribution is 5.69. The Morgan fingerprint density at radius 2 is 2.19 bits per heavy atom. The van der Waals surface area contributed by atoms with Crippen LogP contribution >= 0.6 is 0 Å². The largest absolute Gasteiger partial charge is 0.504 e. The predicted octanol–water partition coefficient (Wildman–Crippen LogP) is 2.62. The molecular formula is C14H11N3O4. The molecule has 2 heterocycles. The van der Waals surface area contributed by atoms with Gasteiger partial charge >= 0.3 is 5.69 Å². The van der Waals surface area contributed by atoms with Crippen LogP contribution in [0.1, 0.15) is 0 Å². The molecular weight excluding hydrogens is 274 g/mol. The van der Waals surface area contributed by atoms with Gasteiger partial charge in [-0.15, -0.1) is 0 Å². The zero-order valence-electron chi connectivity index (χ0n) is 11.1. The Balaban J connectivity index is 2.16. The molecule has 0 saturated carbocycles. The third-order valence-electron chi connectivity index (χ3n) is 3.13. The summed E-state index contributed by atoms with van der Waals surface area (Å²) in [7, 11) is 1.38. The van der Waals surface area contributed by atoms with E-state index in [0.29, 0.717) is 16.9 Å². The van der Waals surface area contributed by atoms with Gasteiger partial charge in [-0.05, 0) is 24.3 Å². The first-order valence-corrected chi connectivity index (χ1v) is 6.09. The quantitative estimate of drug-likeness (QED) is 0.590. The second-order valence-electron chi connectivity index (χ2n) is 4.39. The standard InChI is InChI=1S/C14H11N3O4/c1-21-13-5-4-9(7-11(13)17(19)20)10-8-16-6-2-3-12(18)14(16)15-10/h2-8,18H,1H3. The van der Waals surface area contributed by atoms with Crippen molar-refractivity contribution in [2.24, 2.45) is 0 Å². The van der Waals surface area contributed by atoms with Gasteiger partial charge in [0, 0.05) is 24.0 Å². The normalized spacial score (nSPS) is 10.7. The van der Waals surface area contributed by atoms with Crippen LogP contribution in [0.3, 0.4) is 0 Å². The fourth-order valence-corrected chi connectivity index (χ4v) is 2.13. The minimum Gasteiger partial charge on any atom is -0.504 e. The molecule has 21 heavy (non-hydrogen) atoms. The molecule has 0 aliphatic rings. The minimum absolute atomic E-state index is 0.0479. The van der Waals surface area contributed by atoms with Crippen LogP contribution in [-0.2, 0) is 0 Å². The molecule has 1 aromatic carbocycles. The Kier molecular flexibility index (Phi) is 2.94. The maximum Gasteiger partial charge on any atom is 0.311 e. The number of aromatic nitrogens is 2. The molecule has 0 spiro atoms. The zero-order valence-corrected chi connectivity index (χ0v) is 11.1. The van der Waals surface area contributed by atoms with Crippen molar-refractivity contribution in [1.29, 1.82) is 0 Å². The van der Waals surface area contributed by atoms with Crippen LogP contribution in [0.25, 0.3) is 16.9 Å². The molecule has 0 atom stereocenters. The Morgan fingerprint density at radius 3 is 2.86 bits per heavy atom. The van der Waals surface area contributed by atoms with Crippen molar-refractivity contribution < 1.29 is 14.8 Å². The van der Waals surface area contributed by atoms with Crippen molar-refractivity contribution in [3.63, 3.8) is 0 Å². The number of hydrogen-bond acceptors (Lipinski definition) is 5. The van der Waals surface area contributed by atoms with Gasteiger partial charge < -0.3 is 14.2 Å². The van der Waals surface area contributed by atoms with E-state index in [0.717, 1.165) is 0 Å². The predicted molar refractivity (Wildman–Crippen MR) is 75.5 cm³/mol. The van der Waals surface area contributed by atoms with E-state index in [9.17, 15) is 15.2 Å². The van der Waals surface area contributed by atoms with E-state index in [2.05, 4.69) is 4.98 Å². The molecule has 0 saturated heterocycles. The Hall–Kier alpha value is -3.09. The number of hydrogen-bond donors (Lipinski definition) is 1. The number of nitrogens with zero attached hydrogens (tertiary/aromatic N) is 3. The fraction of sp³-hybridized carbons (Fsp3) is 0.0714. The number of nitro benzene ring substituents is 1. The average molecular weight is 285 g/mol. The smallest absolute Gasteiger partial charge is 0.311 e. The highest BCUT2D eigenvalue weighted by Gasteiger charge is 2.17. The van der Waals surface area contributed by atoms with Gasteiger partial charge in [0.05, 0.1) is 17.7 Å². The van der Waals surface area contributed by atoms with Gasteiger partial charge in [0.1, 0.15) is 0 Å². The second-order valence-corrected chi connectivity index (χ2v) is 4.39. The van der Waals surface area contributed by atoms with Crippen LogP contribution in [0.15, 0.2) is 42.7 Å². The van der Waals surface area contributed by atoms with Crippen molar-refractivity contribution in [2.75, 3.05) is 7.11 Å². The lowest BCUT2D eigenvalue weighted by Gasteiger charge is -2.02. The van der Waals surface area contributed by atoms with Gasteiger partial charge in [-0.1, -0.05) is 0 Å². The van der Waals surface area contributed by atoms with Crippen LogP contribution in [0.4, 0.5) is 5.69 Å². The molecule has 7 nitrogen and oxygen atoms in total. The van der Waals surface area contributed by atoms with Crippen LogP contribution in [0, 0.1) is 10.1 Å². The number of nitro groups is 1. The molecule has 0 aliphatic heterocycles. The number of imidazole rings is 1. The number of pyridine rings is 1. The number of fused-ring (bicyclic) bond motifs is 1. The molecule has 3 rings (SSSR count). The molecule has 2 aromatic heterocycles. The number of rotatable bonds is 3. The summed E-state index contributed by atoms with van der Waals surface area (Å²) in [4.78, 5) is 14.8. The van der Waals surface area contributed by atoms with Crippen LogP contribution < -0.4 is 4.74 Å². The van der Waals surface area contributed by atoms with E-state index in [1.165, 1.54) is 25.3 Å². The van der Waals surface area contributed by atoms with Crippen molar-refractivity contribution >= 4 is 11.3 Å². The van der Waals surface area contributed by atoms with E-state index < -0.39 is 4.92 Å². The summed E-state index contributed by atoms with van der Waals surface area (Å²) < 4.78 is 6.62. The van der Waals surface area contributed by atoms with Crippen molar-refractivity contribution in [1.82, 2.24) is 9.38 Å². The molecule has 0 bridgehead atoms. The van der Waals surface area contributed by atoms with E-state index in [1.807, 2.05) is 0 Å². The molecule has 106 valence electrons. The Labute approximate surface area is 119 Å². The molecule has 0 radical (unpaired) electrons. The molecule has 0 fully saturated rings. The van der Waals surface area contributed by atoms with Crippen LogP contribution in [-0.4, -0.2) is 26.5 Å². The molecule has 3 aromatic rings.